The molecule has 0 heterocycles. The van der Waals surface area contributed by atoms with Crippen molar-refractivity contribution < 1.29 is 80.2 Å². The topological polar surface area (TPSA) is 237 Å². The average Bonchev–Trinajstić information content (AvgIpc) is 3.57. The highest BCUT2D eigenvalue weighted by atomic mass is 31.2. The minimum Gasteiger partial charge on any atom is -0.462 e. The molecule has 7 atom stereocenters. The number of aliphatic hydroxyl groups is 1. The van der Waals surface area contributed by atoms with Crippen molar-refractivity contribution in [3.8, 4) is 0 Å². The third-order valence-corrected chi connectivity index (χ3v) is 18.7. The first-order valence-electron chi connectivity index (χ1n) is 36.3. The van der Waals surface area contributed by atoms with E-state index >= 15 is 0 Å². The minimum atomic E-state index is -4.95. The highest BCUT2D eigenvalue weighted by Crippen LogP contribution is 2.45. The predicted octanol–water partition coefficient (Wildman–Crippen LogP) is 19.7. The third-order valence-electron chi connectivity index (χ3n) is 16.8. The Bertz CT molecular complexity index is 1770. The van der Waals surface area contributed by atoms with Gasteiger partial charge < -0.3 is 33.8 Å². The molecule has 0 rings (SSSR count). The van der Waals surface area contributed by atoms with Gasteiger partial charge in [0.1, 0.15) is 19.3 Å². The third kappa shape index (κ3) is 62.0. The van der Waals surface area contributed by atoms with E-state index in [1.807, 2.05) is 0 Å². The Labute approximate surface area is 543 Å². The molecule has 3 N–H and O–H groups in total. The summed E-state index contributed by atoms with van der Waals surface area (Å²) in [6, 6.07) is 0. The minimum absolute atomic E-state index is 0.103. The van der Waals surface area contributed by atoms with Crippen molar-refractivity contribution in [3.05, 3.63) is 0 Å². The number of rotatable bonds is 67. The second-order valence-corrected chi connectivity index (χ2v) is 29.6. The van der Waals surface area contributed by atoms with Crippen LogP contribution in [0.4, 0.5) is 0 Å². The van der Waals surface area contributed by atoms with Gasteiger partial charge in [0.2, 0.25) is 0 Å². The molecule has 0 radical (unpaired) electrons. The second kappa shape index (κ2) is 59.8. The standard InChI is InChI=1S/C70H136O17P2/c1-9-62(7)48-40-32-23-18-20-26-36-44-52-69(74)86-65(56-80-67(72)50-42-34-25-17-15-13-11-12-14-16-22-30-38-46-60(3)4)58-84-88(76,77)82-54-64(71)55-83-89(78,79)85-59-66(57-81-68(73)51-43-35-29-28-31-39-47-61(5)6)87-70(75)53-45-37-27-21-19-24-33-41-49-63(8)10-2/h60-66,71H,9-59H2,1-8H3,(H,76,77)(H,78,79)/t62?,63?,64-,65-,66-/m1/s1. The van der Waals surface area contributed by atoms with Crippen molar-refractivity contribution in [2.75, 3.05) is 39.6 Å². The van der Waals surface area contributed by atoms with Gasteiger partial charge in [0.25, 0.3) is 0 Å². The number of esters is 4. The molecule has 0 aromatic carbocycles. The van der Waals surface area contributed by atoms with E-state index in [1.165, 1.54) is 141 Å². The van der Waals surface area contributed by atoms with E-state index in [-0.39, 0.29) is 25.7 Å². The van der Waals surface area contributed by atoms with E-state index in [0.717, 1.165) is 114 Å². The zero-order valence-corrected chi connectivity index (χ0v) is 59.8. The SMILES string of the molecule is CCC(C)CCCCCCCCCCC(=O)O[C@H](COC(=O)CCCCCCCCCCCCCCCC(C)C)COP(=O)(O)OC[C@@H](O)COP(=O)(O)OC[C@@H](COC(=O)CCCCCCCCC(C)C)OC(=O)CCCCCCCCCCC(C)CC. The van der Waals surface area contributed by atoms with Crippen molar-refractivity contribution in [2.45, 2.75) is 363 Å². The van der Waals surface area contributed by atoms with E-state index < -0.39 is 97.5 Å². The average molecular weight is 1310 g/mol. The number of hydrogen-bond donors (Lipinski definition) is 3. The number of phosphoric ester groups is 2. The van der Waals surface area contributed by atoms with Crippen LogP contribution < -0.4 is 0 Å². The lowest BCUT2D eigenvalue weighted by Crippen LogP contribution is -2.30. The molecule has 0 saturated carbocycles. The molecule has 528 valence electrons. The normalized spacial score (nSPS) is 14.9. The Kier molecular flexibility index (Phi) is 58.5. The summed E-state index contributed by atoms with van der Waals surface area (Å²) in [7, 11) is -9.90. The number of carbonyl (C=O) groups is 4. The maximum Gasteiger partial charge on any atom is 0.472 e. The van der Waals surface area contributed by atoms with Crippen molar-refractivity contribution in [1.29, 1.82) is 0 Å². The van der Waals surface area contributed by atoms with Gasteiger partial charge in [0, 0.05) is 25.7 Å². The van der Waals surface area contributed by atoms with Gasteiger partial charge in [-0.1, -0.05) is 293 Å². The summed E-state index contributed by atoms with van der Waals surface area (Å²) >= 11 is 0. The largest absolute Gasteiger partial charge is 0.472 e. The van der Waals surface area contributed by atoms with Crippen LogP contribution in [0.3, 0.4) is 0 Å². The van der Waals surface area contributed by atoms with Gasteiger partial charge in [0.05, 0.1) is 26.4 Å². The van der Waals surface area contributed by atoms with Gasteiger partial charge in [-0.05, 0) is 49.4 Å². The smallest absolute Gasteiger partial charge is 0.462 e. The lowest BCUT2D eigenvalue weighted by Gasteiger charge is -2.21. The van der Waals surface area contributed by atoms with Crippen LogP contribution in [-0.2, 0) is 65.4 Å². The first-order valence-corrected chi connectivity index (χ1v) is 39.3. The lowest BCUT2D eigenvalue weighted by atomic mass is 9.99. The molecule has 19 heteroatoms. The van der Waals surface area contributed by atoms with Gasteiger partial charge in [-0.3, -0.25) is 37.3 Å². The number of ether oxygens (including phenoxy) is 4. The summed E-state index contributed by atoms with van der Waals surface area (Å²) in [4.78, 5) is 72.5. The zero-order valence-electron chi connectivity index (χ0n) is 58.1. The molecule has 0 bridgehead atoms. The molecular formula is C70H136O17P2. The monoisotopic (exact) mass is 1310 g/mol. The van der Waals surface area contributed by atoms with E-state index in [4.69, 9.17) is 37.0 Å². The summed E-state index contributed by atoms with van der Waals surface area (Å²) < 4.78 is 68.2. The Balaban J connectivity index is 5.24. The Morgan fingerprint density at radius 1 is 0.315 bits per heavy atom. The van der Waals surface area contributed by atoms with E-state index in [9.17, 15) is 43.2 Å². The van der Waals surface area contributed by atoms with Crippen LogP contribution in [0.25, 0.3) is 0 Å². The first-order chi connectivity index (χ1) is 42.7. The van der Waals surface area contributed by atoms with Crippen molar-refractivity contribution in [2.24, 2.45) is 23.7 Å². The summed E-state index contributed by atoms with van der Waals surface area (Å²) in [6.07, 6.45) is 41.7. The maximum atomic E-state index is 13.0. The molecule has 0 aliphatic carbocycles. The number of phosphoric acid groups is 2. The summed E-state index contributed by atoms with van der Waals surface area (Å²) in [5.74, 6) is 0.876. The molecule has 0 amide bonds. The van der Waals surface area contributed by atoms with Crippen LogP contribution in [0.15, 0.2) is 0 Å². The first kappa shape index (κ1) is 87.1. The molecule has 4 unspecified atom stereocenters. The van der Waals surface area contributed by atoms with E-state index in [0.29, 0.717) is 31.6 Å². The van der Waals surface area contributed by atoms with Gasteiger partial charge in [0.15, 0.2) is 12.2 Å². The van der Waals surface area contributed by atoms with Crippen LogP contribution in [0.5, 0.6) is 0 Å². The van der Waals surface area contributed by atoms with Crippen LogP contribution >= 0.6 is 15.6 Å². The van der Waals surface area contributed by atoms with E-state index in [2.05, 4.69) is 55.4 Å². The van der Waals surface area contributed by atoms with Crippen LogP contribution in [-0.4, -0.2) is 96.7 Å². The summed E-state index contributed by atoms with van der Waals surface area (Å²) in [5.41, 5.74) is 0. The highest BCUT2D eigenvalue weighted by Gasteiger charge is 2.30. The molecule has 0 aliphatic rings. The number of carbonyl (C=O) groups excluding carboxylic acids is 4. The number of unbranched alkanes of at least 4 members (excludes halogenated alkanes) is 31. The van der Waals surface area contributed by atoms with Crippen molar-refractivity contribution in [3.63, 3.8) is 0 Å². The Morgan fingerprint density at radius 2 is 0.539 bits per heavy atom. The molecule has 17 nitrogen and oxygen atoms in total. The van der Waals surface area contributed by atoms with Crippen molar-refractivity contribution in [1.82, 2.24) is 0 Å². The molecule has 0 aromatic rings. The van der Waals surface area contributed by atoms with Gasteiger partial charge in [-0.15, -0.1) is 0 Å². The van der Waals surface area contributed by atoms with Gasteiger partial charge in [-0.2, -0.15) is 0 Å². The van der Waals surface area contributed by atoms with Crippen LogP contribution in [0, 0.1) is 23.7 Å². The number of hydrogen-bond acceptors (Lipinski definition) is 15. The van der Waals surface area contributed by atoms with Crippen LogP contribution in [0.2, 0.25) is 0 Å². The molecule has 0 aromatic heterocycles. The summed E-state index contributed by atoms with van der Waals surface area (Å²) in [5, 5.41) is 10.6. The fourth-order valence-electron chi connectivity index (χ4n) is 10.4. The fraction of sp³-hybridized carbons (Fsp3) is 0.943. The van der Waals surface area contributed by atoms with E-state index in [1.54, 1.807) is 0 Å². The number of aliphatic hydroxyl groups excluding tert-OH is 1. The maximum absolute atomic E-state index is 13.0. The fourth-order valence-corrected chi connectivity index (χ4v) is 12.0. The van der Waals surface area contributed by atoms with Gasteiger partial charge >= 0.3 is 39.5 Å². The molecule has 0 aliphatic heterocycles. The molecule has 0 fully saturated rings. The molecule has 0 saturated heterocycles. The Morgan fingerprint density at radius 3 is 0.798 bits per heavy atom. The molecule has 0 spiro atoms. The Hall–Kier alpha value is -1.94. The lowest BCUT2D eigenvalue weighted by molar-refractivity contribution is -0.161. The molecule has 89 heavy (non-hydrogen) atoms. The predicted molar refractivity (Wildman–Crippen MR) is 358 cm³/mol. The quantitative estimate of drug-likeness (QED) is 0.0222. The van der Waals surface area contributed by atoms with Crippen molar-refractivity contribution >= 4 is 39.5 Å². The zero-order chi connectivity index (χ0) is 66.1. The molecular weight excluding hydrogens is 1170 g/mol. The second-order valence-electron chi connectivity index (χ2n) is 26.7. The summed E-state index contributed by atoms with van der Waals surface area (Å²) in [6.45, 7) is 14.1. The van der Waals surface area contributed by atoms with Crippen LogP contribution in [0.1, 0.15) is 344 Å². The highest BCUT2D eigenvalue weighted by molar-refractivity contribution is 7.47. The van der Waals surface area contributed by atoms with Gasteiger partial charge in [-0.25, -0.2) is 9.13 Å².